The molecule has 6 nitrogen and oxygen atoms in total. The van der Waals surface area contributed by atoms with Gasteiger partial charge in [0, 0.05) is 30.0 Å². The molecule has 3 rings (SSSR count). The van der Waals surface area contributed by atoms with Gasteiger partial charge in [-0.15, -0.1) is 0 Å². The van der Waals surface area contributed by atoms with Crippen molar-refractivity contribution in [1.82, 2.24) is 10.2 Å². The standard InChI is InChI=1S/C20H20N2O4S/c1-3-15-16-11-17(27-10-9-21-13(2)23)18(22(16)19(15)24)20(25)26-12-14-7-5-4-6-8-14/h3-10,16H,11-12H2,1-2H3,(H,21,23)/b10-9+,15-3?/t16-/m1/s1. The fourth-order valence-corrected chi connectivity index (χ4v) is 3.90. The molecule has 1 saturated heterocycles. The molecule has 0 aromatic heterocycles. The van der Waals surface area contributed by atoms with Crippen LogP contribution in [0.15, 0.2) is 64.2 Å². The van der Waals surface area contributed by atoms with E-state index >= 15 is 0 Å². The van der Waals surface area contributed by atoms with Crippen LogP contribution in [0.2, 0.25) is 0 Å². The summed E-state index contributed by atoms with van der Waals surface area (Å²) in [6, 6.07) is 9.27. The van der Waals surface area contributed by atoms with Crippen LogP contribution >= 0.6 is 11.8 Å². The third-order valence-corrected chi connectivity index (χ3v) is 5.22. The highest BCUT2D eigenvalue weighted by atomic mass is 32.2. The number of benzene rings is 1. The molecule has 27 heavy (non-hydrogen) atoms. The molecule has 2 aliphatic rings. The average Bonchev–Trinajstić information content (AvgIpc) is 2.99. The van der Waals surface area contributed by atoms with Gasteiger partial charge in [0.05, 0.1) is 6.04 Å². The van der Waals surface area contributed by atoms with Gasteiger partial charge in [-0.3, -0.25) is 14.5 Å². The van der Waals surface area contributed by atoms with Crippen LogP contribution in [0.1, 0.15) is 25.8 Å². The van der Waals surface area contributed by atoms with Gasteiger partial charge in [-0.2, -0.15) is 0 Å². The Morgan fingerprint density at radius 2 is 2.07 bits per heavy atom. The molecule has 1 atom stereocenters. The Balaban J connectivity index is 1.76. The van der Waals surface area contributed by atoms with Gasteiger partial charge in [0.2, 0.25) is 5.91 Å². The number of rotatable bonds is 6. The smallest absolute Gasteiger partial charge is 0.356 e. The number of hydrogen-bond donors (Lipinski definition) is 1. The molecular weight excluding hydrogens is 364 g/mol. The second kappa shape index (κ2) is 8.26. The van der Waals surface area contributed by atoms with E-state index in [1.54, 1.807) is 11.5 Å². The number of ether oxygens (including phenoxy) is 1. The molecule has 0 saturated carbocycles. The Morgan fingerprint density at radius 3 is 2.74 bits per heavy atom. The van der Waals surface area contributed by atoms with Crippen molar-refractivity contribution >= 4 is 29.5 Å². The average molecular weight is 384 g/mol. The SMILES string of the molecule is CC=C1C(=O)N2C(C(=O)OCc3ccccc3)=C(S/C=C/NC(C)=O)C[C@H]12. The van der Waals surface area contributed by atoms with Gasteiger partial charge < -0.3 is 10.1 Å². The minimum Gasteiger partial charge on any atom is -0.456 e. The maximum absolute atomic E-state index is 12.7. The van der Waals surface area contributed by atoms with Crippen molar-refractivity contribution < 1.29 is 19.1 Å². The van der Waals surface area contributed by atoms with Crippen molar-refractivity contribution in [3.8, 4) is 0 Å². The van der Waals surface area contributed by atoms with E-state index in [1.165, 1.54) is 29.8 Å². The molecule has 1 aromatic carbocycles. The predicted octanol–water partition coefficient (Wildman–Crippen LogP) is 2.84. The lowest BCUT2D eigenvalue weighted by atomic mass is 9.94. The molecule has 0 bridgehead atoms. The number of β-lactam (4-membered cyclic amide) rings is 1. The molecular formula is C20H20N2O4S. The second-order valence-electron chi connectivity index (χ2n) is 6.09. The van der Waals surface area contributed by atoms with Crippen LogP contribution in [-0.2, 0) is 25.7 Å². The first-order chi connectivity index (χ1) is 13.0. The molecule has 0 spiro atoms. The number of carbonyl (C=O) groups is 3. The molecule has 1 aromatic rings. The van der Waals surface area contributed by atoms with Gasteiger partial charge in [-0.05, 0) is 17.9 Å². The molecule has 0 unspecified atom stereocenters. The van der Waals surface area contributed by atoms with E-state index in [-0.39, 0.29) is 24.5 Å². The van der Waals surface area contributed by atoms with Crippen LogP contribution in [0.4, 0.5) is 0 Å². The van der Waals surface area contributed by atoms with Crippen molar-refractivity contribution in [2.24, 2.45) is 0 Å². The lowest BCUT2D eigenvalue weighted by Gasteiger charge is -2.38. The molecule has 0 aliphatic carbocycles. The zero-order chi connectivity index (χ0) is 19.4. The number of esters is 1. The molecule has 1 N–H and O–H groups in total. The Bertz CT molecular complexity index is 858. The van der Waals surface area contributed by atoms with E-state index in [4.69, 9.17) is 4.74 Å². The van der Waals surface area contributed by atoms with Gasteiger partial charge >= 0.3 is 5.97 Å². The van der Waals surface area contributed by atoms with Crippen LogP contribution in [0, 0.1) is 0 Å². The van der Waals surface area contributed by atoms with E-state index in [2.05, 4.69) is 5.32 Å². The van der Waals surface area contributed by atoms with Crippen molar-refractivity contribution in [3.63, 3.8) is 0 Å². The zero-order valence-corrected chi connectivity index (χ0v) is 15.9. The van der Waals surface area contributed by atoms with E-state index in [0.29, 0.717) is 17.7 Å². The summed E-state index contributed by atoms with van der Waals surface area (Å²) in [5, 5.41) is 4.24. The maximum atomic E-state index is 12.7. The Kier molecular flexibility index (Phi) is 5.81. The third kappa shape index (κ3) is 3.98. The Labute approximate surface area is 161 Å². The van der Waals surface area contributed by atoms with Crippen molar-refractivity contribution in [3.05, 3.63) is 69.8 Å². The highest BCUT2D eigenvalue weighted by Crippen LogP contribution is 2.46. The van der Waals surface area contributed by atoms with Gasteiger partial charge in [-0.1, -0.05) is 48.2 Å². The summed E-state index contributed by atoms with van der Waals surface area (Å²) in [5.41, 5.74) is 1.89. The molecule has 2 aliphatic heterocycles. The molecule has 1 fully saturated rings. The van der Waals surface area contributed by atoms with Crippen molar-refractivity contribution in [2.75, 3.05) is 0 Å². The third-order valence-electron chi connectivity index (χ3n) is 4.30. The number of nitrogens with zero attached hydrogens (tertiary/aromatic N) is 1. The summed E-state index contributed by atoms with van der Waals surface area (Å²) in [6.45, 7) is 3.38. The predicted molar refractivity (Wildman–Crippen MR) is 103 cm³/mol. The summed E-state index contributed by atoms with van der Waals surface area (Å²) in [5.74, 6) is -0.846. The molecule has 2 heterocycles. The zero-order valence-electron chi connectivity index (χ0n) is 15.1. The molecule has 140 valence electrons. The number of carbonyl (C=O) groups excluding carboxylic acids is 3. The minimum atomic E-state index is -0.514. The number of hydrogen-bond acceptors (Lipinski definition) is 5. The van der Waals surface area contributed by atoms with E-state index in [1.807, 2.05) is 37.3 Å². The van der Waals surface area contributed by atoms with E-state index in [9.17, 15) is 14.4 Å². The number of nitrogens with one attached hydrogen (secondary N) is 1. The number of amides is 2. The van der Waals surface area contributed by atoms with E-state index in [0.717, 1.165) is 10.5 Å². The molecule has 7 heteroatoms. The lowest BCUT2D eigenvalue weighted by molar-refractivity contribution is -0.147. The normalized spacial score (nSPS) is 20.1. The molecule has 0 radical (unpaired) electrons. The summed E-state index contributed by atoms with van der Waals surface area (Å²) in [6.07, 6.45) is 3.87. The second-order valence-corrected chi connectivity index (χ2v) is 7.09. The highest BCUT2D eigenvalue weighted by Gasteiger charge is 2.51. The van der Waals surface area contributed by atoms with E-state index < -0.39 is 5.97 Å². The number of thioether (sulfide) groups is 1. The van der Waals surface area contributed by atoms with Crippen LogP contribution in [-0.4, -0.2) is 28.7 Å². The summed E-state index contributed by atoms with van der Waals surface area (Å²) < 4.78 is 5.44. The summed E-state index contributed by atoms with van der Waals surface area (Å²) in [7, 11) is 0. The van der Waals surface area contributed by atoms with Crippen molar-refractivity contribution in [2.45, 2.75) is 32.9 Å². The van der Waals surface area contributed by atoms with Crippen LogP contribution in [0.25, 0.3) is 0 Å². The van der Waals surface area contributed by atoms with Gasteiger partial charge in [0.25, 0.3) is 5.91 Å². The topological polar surface area (TPSA) is 75.7 Å². The lowest BCUT2D eigenvalue weighted by Crippen LogP contribution is -2.52. The van der Waals surface area contributed by atoms with Gasteiger partial charge in [0.1, 0.15) is 12.3 Å². The Morgan fingerprint density at radius 1 is 1.33 bits per heavy atom. The largest absolute Gasteiger partial charge is 0.456 e. The van der Waals surface area contributed by atoms with Gasteiger partial charge in [-0.25, -0.2) is 4.79 Å². The first-order valence-electron chi connectivity index (χ1n) is 8.55. The monoisotopic (exact) mass is 384 g/mol. The van der Waals surface area contributed by atoms with Gasteiger partial charge in [0.15, 0.2) is 0 Å². The Hall–Kier alpha value is -2.80. The number of fused-ring (bicyclic) bond motifs is 1. The summed E-state index contributed by atoms with van der Waals surface area (Å²) in [4.78, 5) is 38.3. The fraction of sp³-hybridized carbons (Fsp3) is 0.250. The van der Waals surface area contributed by atoms with Crippen LogP contribution < -0.4 is 5.32 Å². The molecule has 2 amide bonds. The van der Waals surface area contributed by atoms with Crippen LogP contribution in [0.5, 0.6) is 0 Å². The summed E-state index contributed by atoms with van der Waals surface area (Å²) >= 11 is 1.31. The van der Waals surface area contributed by atoms with Crippen molar-refractivity contribution in [1.29, 1.82) is 0 Å². The fourth-order valence-electron chi connectivity index (χ4n) is 3.05. The quantitative estimate of drug-likeness (QED) is 0.464. The number of allylic oxidation sites excluding steroid dienone is 1. The maximum Gasteiger partial charge on any atom is 0.356 e. The first-order valence-corrected chi connectivity index (χ1v) is 9.43. The van der Waals surface area contributed by atoms with Crippen LogP contribution in [0.3, 0.4) is 0 Å². The minimum absolute atomic E-state index is 0.113. The highest BCUT2D eigenvalue weighted by molar-refractivity contribution is 8.05. The first kappa shape index (κ1) is 19.0.